The quantitative estimate of drug-likeness (QED) is 0.375. The van der Waals surface area contributed by atoms with Gasteiger partial charge in [0, 0.05) is 57.6 Å². The number of carbonyl (C=O) groups excluding carboxylic acids is 1. The van der Waals surface area contributed by atoms with Crippen LogP contribution in [0.15, 0.2) is 48.8 Å². The average Bonchev–Trinajstić information content (AvgIpc) is 2.95. The van der Waals surface area contributed by atoms with Gasteiger partial charge in [0.15, 0.2) is 11.5 Å². The van der Waals surface area contributed by atoms with Crippen molar-refractivity contribution in [1.82, 2.24) is 25.0 Å². The molecule has 1 fully saturated rings. The molecule has 2 aromatic heterocycles. The van der Waals surface area contributed by atoms with Crippen molar-refractivity contribution in [2.45, 2.75) is 34.2 Å². The first-order valence-electron chi connectivity index (χ1n) is 13.5. The van der Waals surface area contributed by atoms with Crippen molar-refractivity contribution >= 4 is 11.7 Å². The first-order valence-corrected chi connectivity index (χ1v) is 13.5. The minimum atomic E-state index is -0.0760. The lowest BCUT2D eigenvalue weighted by Gasteiger charge is -2.35. The summed E-state index contributed by atoms with van der Waals surface area (Å²) in [4.78, 5) is 23.3. The van der Waals surface area contributed by atoms with Crippen molar-refractivity contribution in [1.29, 1.82) is 0 Å². The predicted molar refractivity (Wildman–Crippen MR) is 149 cm³/mol. The average molecular weight is 519 g/mol. The van der Waals surface area contributed by atoms with E-state index in [-0.39, 0.29) is 5.91 Å². The molecule has 0 spiro atoms. The van der Waals surface area contributed by atoms with E-state index in [2.05, 4.69) is 43.2 Å². The zero-order valence-electron chi connectivity index (χ0n) is 22.9. The van der Waals surface area contributed by atoms with Gasteiger partial charge >= 0.3 is 0 Å². The highest BCUT2D eigenvalue weighted by molar-refractivity contribution is 5.92. The number of anilines is 1. The number of hydrogen-bond donors (Lipinski definition) is 0. The molecule has 1 amide bonds. The van der Waals surface area contributed by atoms with Crippen LogP contribution in [0, 0.1) is 0 Å². The number of carbonyl (C=O) groups is 1. The fourth-order valence-electron chi connectivity index (χ4n) is 4.67. The van der Waals surface area contributed by atoms with Gasteiger partial charge in [-0.2, -0.15) is 0 Å². The van der Waals surface area contributed by atoms with Crippen LogP contribution in [0.4, 0.5) is 5.82 Å². The molecule has 0 unspecified atom stereocenters. The van der Waals surface area contributed by atoms with Crippen LogP contribution in [0.1, 0.15) is 43.7 Å². The zero-order valence-corrected chi connectivity index (χ0v) is 22.9. The molecule has 9 heteroatoms. The summed E-state index contributed by atoms with van der Waals surface area (Å²) < 4.78 is 11.5. The number of rotatable bonds is 11. The lowest BCUT2D eigenvalue weighted by Crippen LogP contribution is -2.46. The maximum atomic E-state index is 12.5. The summed E-state index contributed by atoms with van der Waals surface area (Å²) in [5.74, 6) is 2.35. The van der Waals surface area contributed by atoms with E-state index in [4.69, 9.17) is 9.47 Å². The maximum Gasteiger partial charge on any atom is 0.274 e. The Hall–Kier alpha value is -3.72. The van der Waals surface area contributed by atoms with Gasteiger partial charge in [-0.05, 0) is 75.2 Å². The van der Waals surface area contributed by atoms with E-state index >= 15 is 0 Å². The summed E-state index contributed by atoms with van der Waals surface area (Å²) >= 11 is 0. The number of nitrogens with zero attached hydrogens (tertiary/aromatic N) is 6. The van der Waals surface area contributed by atoms with Crippen LogP contribution in [-0.2, 0) is 6.54 Å². The number of piperazine rings is 1. The number of amides is 1. The van der Waals surface area contributed by atoms with Crippen LogP contribution >= 0.6 is 0 Å². The van der Waals surface area contributed by atoms with Crippen molar-refractivity contribution in [2.75, 3.05) is 57.4 Å². The second-order valence-electron chi connectivity index (χ2n) is 9.16. The Kier molecular flexibility index (Phi) is 9.48. The molecule has 1 saturated heterocycles. The van der Waals surface area contributed by atoms with Gasteiger partial charge in [0.25, 0.3) is 5.91 Å². The summed E-state index contributed by atoms with van der Waals surface area (Å²) in [6.07, 6.45) is 3.60. The Labute approximate surface area is 225 Å². The van der Waals surface area contributed by atoms with Crippen LogP contribution in [-0.4, -0.2) is 83.4 Å². The van der Waals surface area contributed by atoms with Gasteiger partial charge in [-0.15, -0.1) is 10.2 Å². The van der Waals surface area contributed by atoms with E-state index in [1.807, 2.05) is 46.0 Å². The Morgan fingerprint density at radius 3 is 2.21 bits per heavy atom. The highest BCUT2D eigenvalue weighted by Crippen LogP contribution is 2.29. The second kappa shape index (κ2) is 13.2. The third-order valence-electron chi connectivity index (χ3n) is 6.66. The number of aromatic nitrogens is 3. The van der Waals surface area contributed by atoms with Crippen molar-refractivity contribution in [2.24, 2.45) is 0 Å². The Balaban J connectivity index is 1.41. The van der Waals surface area contributed by atoms with Crippen molar-refractivity contribution < 1.29 is 14.3 Å². The van der Waals surface area contributed by atoms with Crippen LogP contribution < -0.4 is 14.4 Å². The summed E-state index contributed by atoms with van der Waals surface area (Å²) in [5.41, 5.74) is 3.65. The third-order valence-corrected chi connectivity index (χ3v) is 6.66. The van der Waals surface area contributed by atoms with E-state index in [0.717, 1.165) is 61.2 Å². The van der Waals surface area contributed by atoms with Crippen LogP contribution in [0.25, 0.3) is 11.1 Å². The van der Waals surface area contributed by atoms with Gasteiger partial charge in [0.05, 0.1) is 19.4 Å². The van der Waals surface area contributed by atoms with E-state index in [0.29, 0.717) is 32.0 Å². The van der Waals surface area contributed by atoms with E-state index in [9.17, 15) is 4.79 Å². The zero-order chi connectivity index (χ0) is 26.9. The molecule has 4 rings (SSSR count). The van der Waals surface area contributed by atoms with Gasteiger partial charge in [0.2, 0.25) is 0 Å². The predicted octanol–water partition coefficient (Wildman–Crippen LogP) is 4.14. The minimum absolute atomic E-state index is 0.0760. The molecule has 1 aliphatic rings. The largest absolute Gasteiger partial charge is 0.494 e. The maximum absolute atomic E-state index is 12.5. The monoisotopic (exact) mass is 518 g/mol. The fraction of sp³-hybridized carbons (Fsp3) is 0.448. The van der Waals surface area contributed by atoms with Gasteiger partial charge in [-0.25, -0.2) is 0 Å². The van der Waals surface area contributed by atoms with E-state index in [1.54, 1.807) is 17.2 Å². The smallest absolute Gasteiger partial charge is 0.274 e. The minimum Gasteiger partial charge on any atom is -0.494 e. The Morgan fingerprint density at radius 2 is 1.55 bits per heavy atom. The highest BCUT2D eigenvalue weighted by Gasteiger charge is 2.21. The lowest BCUT2D eigenvalue weighted by atomic mass is 10.0. The normalized spacial score (nSPS) is 13.8. The molecule has 0 radical (unpaired) electrons. The molecule has 1 aromatic carbocycles. The van der Waals surface area contributed by atoms with Gasteiger partial charge in [-0.3, -0.25) is 14.7 Å². The Morgan fingerprint density at radius 1 is 0.842 bits per heavy atom. The molecular weight excluding hydrogens is 480 g/mol. The lowest BCUT2D eigenvalue weighted by molar-refractivity contribution is 0.0766. The number of hydrogen-bond acceptors (Lipinski definition) is 8. The summed E-state index contributed by atoms with van der Waals surface area (Å²) in [5, 5.41) is 8.57. The Bertz CT molecular complexity index is 1190. The molecule has 0 saturated carbocycles. The summed E-state index contributed by atoms with van der Waals surface area (Å²) in [7, 11) is 0. The second-order valence-corrected chi connectivity index (χ2v) is 9.16. The molecule has 0 atom stereocenters. The topological polar surface area (TPSA) is 83.9 Å². The van der Waals surface area contributed by atoms with Crippen LogP contribution in [0.5, 0.6) is 11.5 Å². The van der Waals surface area contributed by atoms with Crippen molar-refractivity contribution in [3.8, 4) is 22.6 Å². The number of pyridine rings is 1. The highest BCUT2D eigenvalue weighted by atomic mass is 16.5. The van der Waals surface area contributed by atoms with Crippen LogP contribution in [0.2, 0.25) is 0 Å². The van der Waals surface area contributed by atoms with E-state index in [1.165, 1.54) is 5.56 Å². The molecule has 1 aliphatic heterocycles. The SMILES string of the molecule is CCOc1cncc(-c2cc(CN3CCN(c4ccc(C(=O)N(CC)CC)nn4)CC3)cc(OCC)c2)c1. The molecule has 38 heavy (non-hydrogen) atoms. The van der Waals surface area contributed by atoms with Crippen molar-refractivity contribution in [3.63, 3.8) is 0 Å². The molecule has 9 nitrogen and oxygen atoms in total. The third kappa shape index (κ3) is 6.77. The first-order chi connectivity index (χ1) is 18.5. The molecular formula is C29H38N6O3. The molecule has 3 aromatic rings. The summed E-state index contributed by atoms with van der Waals surface area (Å²) in [6, 6.07) is 12.1. The van der Waals surface area contributed by atoms with E-state index < -0.39 is 0 Å². The molecule has 0 bridgehead atoms. The standard InChI is InChI=1S/C29H38N6O3/c1-5-34(6-2)29(36)27-9-10-28(32-31-27)35-13-11-33(12-14-35)21-22-15-23(17-25(16-22)37-7-3)24-18-26(38-8-4)20-30-19-24/h9-10,15-20H,5-8,11-14,21H2,1-4H3. The van der Waals surface area contributed by atoms with Gasteiger partial charge in [0.1, 0.15) is 11.5 Å². The number of benzene rings is 1. The first kappa shape index (κ1) is 27.3. The molecule has 0 N–H and O–H groups in total. The fourth-order valence-corrected chi connectivity index (χ4v) is 4.67. The van der Waals surface area contributed by atoms with Gasteiger partial charge < -0.3 is 19.3 Å². The van der Waals surface area contributed by atoms with Crippen molar-refractivity contribution in [3.05, 3.63) is 60.0 Å². The molecule has 3 heterocycles. The van der Waals surface area contributed by atoms with Crippen LogP contribution in [0.3, 0.4) is 0 Å². The number of ether oxygens (including phenoxy) is 2. The molecule has 0 aliphatic carbocycles. The van der Waals surface area contributed by atoms with Gasteiger partial charge in [-0.1, -0.05) is 0 Å². The molecule has 202 valence electrons. The summed E-state index contributed by atoms with van der Waals surface area (Å²) in [6.45, 7) is 14.7.